The Morgan fingerprint density at radius 3 is 2.81 bits per heavy atom. The predicted molar refractivity (Wildman–Crippen MR) is 67.4 cm³/mol. The number of nitrogens with one attached hydrogen (secondary N) is 1. The van der Waals surface area contributed by atoms with E-state index in [1.165, 1.54) is 6.07 Å². The van der Waals surface area contributed by atoms with Crippen LogP contribution < -0.4 is 5.32 Å². The molecule has 1 aromatic carbocycles. The molecular formula is C12H15BrFNO. The van der Waals surface area contributed by atoms with Crippen LogP contribution in [0.2, 0.25) is 0 Å². The monoisotopic (exact) mass is 287 g/mol. The molecule has 0 bridgehead atoms. The van der Waals surface area contributed by atoms with Crippen LogP contribution in [0, 0.1) is 12.7 Å². The van der Waals surface area contributed by atoms with Crippen molar-refractivity contribution in [2.24, 2.45) is 0 Å². The van der Waals surface area contributed by atoms with Crippen LogP contribution in [0.15, 0.2) is 18.2 Å². The zero-order chi connectivity index (χ0) is 12.0. The molecular weight excluding hydrogens is 273 g/mol. The second-order valence-electron chi connectivity index (χ2n) is 3.68. The maximum atomic E-state index is 13.4. The number of aryl methyl sites for hydroxylation is 1. The molecule has 1 amide bonds. The van der Waals surface area contributed by atoms with Gasteiger partial charge in [-0.3, -0.25) is 4.79 Å². The van der Waals surface area contributed by atoms with Gasteiger partial charge in [0.15, 0.2) is 0 Å². The van der Waals surface area contributed by atoms with Gasteiger partial charge >= 0.3 is 0 Å². The fourth-order valence-electron chi connectivity index (χ4n) is 1.31. The average molecular weight is 288 g/mol. The molecule has 0 aliphatic heterocycles. The molecule has 1 N–H and O–H groups in total. The summed E-state index contributed by atoms with van der Waals surface area (Å²) in [6.45, 7) is 1.81. The third-order valence-electron chi connectivity index (χ3n) is 2.19. The van der Waals surface area contributed by atoms with Crippen LogP contribution >= 0.6 is 15.9 Å². The molecule has 0 aliphatic carbocycles. The van der Waals surface area contributed by atoms with Gasteiger partial charge in [0.2, 0.25) is 5.91 Å². The number of alkyl halides is 1. The van der Waals surface area contributed by atoms with Gasteiger partial charge in [-0.15, -0.1) is 0 Å². The van der Waals surface area contributed by atoms with Gasteiger partial charge in [0.05, 0.1) is 5.69 Å². The van der Waals surface area contributed by atoms with Gasteiger partial charge < -0.3 is 5.32 Å². The molecule has 0 spiro atoms. The number of hydrogen-bond acceptors (Lipinski definition) is 1. The van der Waals surface area contributed by atoms with Crippen molar-refractivity contribution in [1.82, 2.24) is 0 Å². The van der Waals surface area contributed by atoms with E-state index in [-0.39, 0.29) is 17.4 Å². The lowest BCUT2D eigenvalue weighted by molar-refractivity contribution is -0.116. The SMILES string of the molecule is Cc1ccc(NC(=O)CCCCBr)c(F)c1. The topological polar surface area (TPSA) is 29.1 Å². The fraction of sp³-hybridized carbons (Fsp3) is 0.417. The van der Waals surface area contributed by atoms with Gasteiger partial charge in [-0.25, -0.2) is 4.39 Å². The van der Waals surface area contributed by atoms with Crippen LogP contribution in [-0.4, -0.2) is 11.2 Å². The molecule has 88 valence electrons. The predicted octanol–water partition coefficient (Wildman–Crippen LogP) is 3.64. The maximum absolute atomic E-state index is 13.4. The number of amides is 1. The Hall–Kier alpha value is -0.900. The Morgan fingerprint density at radius 2 is 2.19 bits per heavy atom. The molecule has 0 atom stereocenters. The van der Waals surface area contributed by atoms with Crippen molar-refractivity contribution in [1.29, 1.82) is 0 Å². The molecule has 0 saturated heterocycles. The van der Waals surface area contributed by atoms with Crippen LogP contribution in [0.4, 0.5) is 10.1 Å². The summed E-state index contributed by atoms with van der Waals surface area (Å²) in [6.07, 6.45) is 2.19. The number of halogens is 2. The second-order valence-corrected chi connectivity index (χ2v) is 4.47. The molecule has 0 radical (unpaired) electrons. The summed E-state index contributed by atoms with van der Waals surface area (Å²) in [7, 11) is 0. The van der Waals surface area contributed by atoms with Crippen LogP contribution in [0.5, 0.6) is 0 Å². The first-order valence-electron chi connectivity index (χ1n) is 5.25. The van der Waals surface area contributed by atoms with Crippen molar-refractivity contribution >= 4 is 27.5 Å². The Kier molecular flexibility index (Phi) is 5.46. The van der Waals surface area contributed by atoms with Crippen molar-refractivity contribution < 1.29 is 9.18 Å². The molecule has 0 saturated carbocycles. The van der Waals surface area contributed by atoms with E-state index in [0.29, 0.717) is 6.42 Å². The van der Waals surface area contributed by atoms with E-state index in [1.807, 2.05) is 6.92 Å². The largest absolute Gasteiger partial charge is 0.324 e. The lowest BCUT2D eigenvalue weighted by Crippen LogP contribution is -2.12. The minimum Gasteiger partial charge on any atom is -0.324 e. The smallest absolute Gasteiger partial charge is 0.224 e. The first-order chi connectivity index (χ1) is 7.63. The van der Waals surface area contributed by atoms with Gasteiger partial charge in [0, 0.05) is 11.8 Å². The van der Waals surface area contributed by atoms with Gasteiger partial charge in [0.25, 0.3) is 0 Å². The quantitative estimate of drug-likeness (QED) is 0.650. The lowest BCUT2D eigenvalue weighted by Gasteiger charge is -2.06. The van der Waals surface area contributed by atoms with Gasteiger partial charge in [-0.05, 0) is 37.5 Å². The summed E-state index contributed by atoms with van der Waals surface area (Å²) in [5.74, 6) is -0.516. The average Bonchev–Trinajstić information content (AvgIpc) is 2.23. The molecule has 0 fully saturated rings. The van der Waals surface area contributed by atoms with E-state index < -0.39 is 0 Å². The van der Waals surface area contributed by atoms with E-state index in [9.17, 15) is 9.18 Å². The molecule has 0 aromatic heterocycles. The Morgan fingerprint density at radius 1 is 1.44 bits per heavy atom. The van der Waals surface area contributed by atoms with Crippen molar-refractivity contribution in [2.75, 3.05) is 10.6 Å². The lowest BCUT2D eigenvalue weighted by atomic mass is 10.2. The van der Waals surface area contributed by atoms with Crippen molar-refractivity contribution in [3.8, 4) is 0 Å². The van der Waals surface area contributed by atoms with Crippen LogP contribution in [0.1, 0.15) is 24.8 Å². The highest BCUT2D eigenvalue weighted by atomic mass is 79.9. The van der Waals surface area contributed by atoms with E-state index in [4.69, 9.17) is 0 Å². The molecule has 2 nitrogen and oxygen atoms in total. The molecule has 0 aliphatic rings. The van der Waals surface area contributed by atoms with E-state index >= 15 is 0 Å². The number of carbonyl (C=O) groups excluding carboxylic acids is 1. The Balaban J connectivity index is 2.49. The highest BCUT2D eigenvalue weighted by Gasteiger charge is 2.06. The molecule has 4 heteroatoms. The van der Waals surface area contributed by atoms with Crippen molar-refractivity contribution in [3.05, 3.63) is 29.6 Å². The molecule has 1 rings (SSSR count). The normalized spacial score (nSPS) is 10.2. The maximum Gasteiger partial charge on any atom is 0.224 e. The number of anilines is 1. The summed E-state index contributed by atoms with van der Waals surface area (Å²) < 4.78 is 13.4. The minimum absolute atomic E-state index is 0.135. The third-order valence-corrected chi connectivity index (χ3v) is 2.75. The number of hydrogen-bond donors (Lipinski definition) is 1. The van der Waals surface area contributed by atoms with Gasteiger partial charge in [0.1, 0.15) is 5.82 Å². The summed E-state index contributed by atoms with van der Waals surface area (Å²) >= 11 is 3.29. The molecule has 0 unspecified atom stereocenters. The van der Waals surface area contributed by atoms with Gasteiger partial charge in [-0.2, -0.15) is 0 Å². The summed E-state index contributed by atoms with van der Waals surface area (Å²) in [5.41, 5.74) is 1.10. The Bertz CT molecular complexity index is 368. The van der Waals surface area contributed by atoms with E-state index in [1.54, 1.807) is 12.1 Å². The number of carbonyl (C=O) groups is 1. The fourth-order valence-corrected chi connectivity index (χ4v) is 1.71. The Labute approximate surface area is 103 Å². The number of rotatable bonds is 5. The van der Waals surface area contributed by atoms with E-state index in [2.05, 4.69) is 21.2 Å². The van der Waals surface area contributed by atoms with Crippen LogP contribution in [-0.2, 0) is 4.79 Å². The third kappa shape index (κ3) is 4.31. The van der Waals surface area contributed by atoms with Crippen LogP contribution in [0.25, 0.3) is 0 Å². The van der Waals surface area contributed by atoms with E-state index in [0.717, 1.165) is 23.7 Å². The van der Waals surface area contributed by atoms with Crippen molar-refractivity contribution in [3.63, 3.8) is 0 Å². The molecule has 1 aromatic rings. The van der Waals surface area contributed by atoms with Gasteiger partial charge in [-0.1, -0.05) is 22.0 Å². The first-order valence-corrected chi connectivity index (χ1v) is 6.37. The zero-order valence-corrected chi connectivity index (χ0v) is 10.8. The number of unbranched alkanes of at least 4 members (excludes halogenated alkanes) is 1. The standard InChI is InChI=1S/C12H15BrFNO/c1-9-5-6-11(10(14)8-9)15-12(16)4-2-3-7-13/h5-6,8H,2-4,7H2,1H3,(H,15,16). The zero-order valence-electron chi connectivity index (χ0n) is 9.22. The summed E-state index contributed by atoms with van der Waals surface area (Å²) in [6, 6.07) is 4.78. The molecule has 0 heterocycles. The highest BCUT2D eigenvalue weighted by molar-refractivity contribution is 9.09. The minimum atomic E-state index is -0.381. The molecule has 16 heavy (non-hydrogen) atoms. The summed E-state index contributed by atoms with van der Waals surface area (Å²) in [4.78, 5) is 11.4. The van der Waals surface area contributed by atoms with Crippen LogP contribution in [0.3, 0.4) is 0 Å². The highest BCUT2D eigenvalue weighted by Crippen LogP contribution is 2.15. The number of benzene rings is 1. The second kappa shape index (κ2) is 6.63. The first kappa shape index (κ1) is 13.2. The van der Waals surface area contributed by atoms with Crippen molar-refractivity contribution in [2.45, 2.75) is 26.2 Å². The summed E-state index contributed by atoms with van der Waals surface area (Å²) in [5, 5.41) is 3.46.